The number of unbranched alkanes of at least 4 members (excludes halogenated alkanes) is 40. The van der Waals surface area contributed by atoms with Crippen molar-refractivity contribution in [2.24, 2.45) is 0 Å². The average molecular weight is 833 g/mol. The summed E-state index contributed by atoms with van der Waals surface area (Å²) in [5, 5.41) is 9.63. The van der Waals surface area contributed by atoms with Gasteiger partial charge in [-0.2, -0.15) is 0 Å². The molecular formula is C54H104O5. The quantitative estimate of drug-likeness (QED) is 0.0375. The highest BCUT2D eigenvalue weighted by atomic mass is 16.6. The van der Waals surface area contributed by atoms with Gasteiger partial charge in [-0.05, 0) is 38.5 Å². The minimum Gasteiger partial charge on any atom is -0.462 e. The van der Waals surface area contributed by atoms with Gasteiger partial charge in [-0.1, -0.05) is 264 Å². The maximum atomic E-state index is 12.3. The summed E-state index contributed by atoms with van der Waals surface area (Å²) in [5.41, 5.74) is 0. The Kier molecular flexibility index (Phi) is 49.8. The largest absolute Gasteiger partial charge is 0.462 e. The van der Waals surface area contributed by atoms with Crippen LogP contribution in [-0.2, 0) is 19.1 Å². The SMILES string of the molecule is CCCCCCCCCC/C=C\CCCCCCCCCCCCCC(=O)OC(CO)COC(=O)CCCCCCCCCCCCCCCCCCCCCCCC. The van der Waals surface area contributed by atoms with Gasteiger partial charge in [0.15, 0.2) is 6.10 Å². The fraction of sp³-hybridized carbons (Fsp3) is 0.926. The van der Waals surface area contributed by atoms with Crippen molar-refractivity contribution in [1.82, 2.24) is 0 Å². The maximum Gasteiger partial charge on any atom is 0.306 e. The highest BCUT2D eigenvalue weighted by Crippen LogP contribution is 2.17. The molecule has 0 rings (SSSR count). The van der Waals surface area contributed by atoms with Crippen LogP contribution in [0.4, 0.5) is 0 Å². The lowest BCUT2D eigenvalue weighted by Crippen LogP contribution is -2.28. The number of ether oxygens (including phenoxy) is 2. The topological polar surface area (TPSA) is 72.8 Å². The van der Waals surface area contributed by atoms with Crippen molar-refractivity contribution in [1.29, 1.82) is 0 Å². The molecular weight excluding hydrogens is 729 g/mol. The molecule has 59 heavy (non-hydrogen) atoms. The third kappa shape index (κ3) is 49.2. The minimum absolute atomic E-state index is 0.0587. The molecule has 350 valence electrons. The number of hydrogen-bond donors (Lipinski definition) is 1. The number of aliphatic hydroxyl groups excluding tert-OH is 1. The van der Waals surface area contributed by atoms with E-state index >= 15 is 0 Å². The first-order chi connectivity index (χ1) is 29.1. The Balaban J connectivity index is 3.43. The summed E-state index contributed by atoms with van der Waals surface area (Å²) >= 11 is 0. The van der Waals surface area contributed by atoms with Gasteiger partial charge in [0.25, 0.3) is 0 Å². The first-order valence-corrected chi connectivity index (χ1v) is 26.7. The summed E-state index contributed by atoms with van der Waals surface area (Å²) in [6, 6.07) is 0. The normalized spacial score (nSPS) is 12.1. The monoisotopic (exact) mass is 833 g/mol. The second kappa shape index (κ2) is 51.0. The molecule has 1 atom stereocenters. The Morgan fingerprint density at radius 3 is 0.915 bits per heavy atom. The Morgan fingerprint density at radius 1 is 0.373 bits per heavy atom. The van der Waals surface area contributed by atoms with Gasteiger partial charge in [-0.25, -0.2) is 0 Å². The van der Waals surface area contributed by atoms with E-state index in [4.69, 9.17) is 9.47 Å². The standard InChI is InChI=1S/C54H104O5/c1-3-5-7-9-11-13-15-17-19-21-23-25-27-29-31-33-35-37-39-41-43-45-47-49-54(57)59-52(50-55)51-58-53(56)48-46-44-42-40-38-36-34-32-30-28-26-24-22-20-18-16-14-12-10-8-6-4-2/h21,23,52,55H,3-20,22,24-51H2,1-2H3/b23-21-. The minimum atomic E-state index is -0.767. The van der Waals surface area contributed by atoms with E-state index in [1.165, 1.54) is 244 Å². The van der Waals surface area contributed by atoms with E-state index in [1.807, 2.05) is 0 Å². The molecule has 0 aliphatic heterocycles. The van der Waals surface area contributed by atoms with Gasteiger partial charge < -0.3 is 14.6 Å². The van der Waals surface area contributed by atoms with Crippen molar-refractivity contribution in [3.8, 4) is 0 Å². The predicted molar refractivity (Wildman–Crippen MR) is 256 cm³/mol. The Morgan fingerprint density at radius 2 is 0.627 bits per heavy atom. The highest BCUT2D eigenvalue weighted by molar-refractivity contribution is 5.70. The molecule has 0 heterocycles. The zero-order chi connectivity index (χ0) is 42.8. The van der Waals surface area contributed by atoms with Crippen LogP contribution in [0.3, 0.4) is 0 Å². The van der Waals surface area contributed by atoms with Crippen LogP contribution in [0.25, 0.3) is 0 Å². The summed E-state index contributed by atoms with van der Waals surface area (Å²) in [6.07, 6.45) is 61.7. The molecule has 0 saturated carbocycles. The van der Waals surface area contributed by atoms with Crippen molar-refractivity contribution < 1.29 is 24.2 Å². The molecule has 0 aliphatic rings. The second-order valence-corrected chi connectivity index (χ2v) is 18.3. The van der Waals surface area contributed by atoms with Gasteiger partial charge in [0, 0.05) is 12.8 Å². The smallest absolute Gasteiger partial charge is 0.306 e. The average Bonchev–Trinajstić information content (AvgIpc) is 3.24. The fourth-order valence-corrected chi connectivity index (χ4v) is 8.26. The van der Waals surface area contributed by atoms with E-state index in [2.05, 4.69) is 26.0 Å². The molecule has 0 saturated heterocycles. The molecule has 0 fully saturated rings. The van der Waals surface area contributed by atoms with Crippen LogP contribution in [0.15, 0.2) is 12.2 Å². The highest BCUT2D eigenvalue weighted by Gasteiger charge is 2.16. The summed E-state index contributed by atoms with van der Waals surface area (Å²) in [7, 11) is 0. The van der Waals surface area contributed by atoms with Gasteiger partial charge in [0.2, 0.25) is 0 Å². The number of carbonyl (C=O) groups is 2. The number of esters is 2. The molecule has 0 aromatic rings. The second-order valence-electron chi connectivity index (χ2n) is 18.3. The lowest BCUT2D eigenvalue weighted by molar-refractivity contribution is -0.161. The molecule has 5 nitrogen and oxygen atoms in total. The lowest BCUT2D eigenvalue weighted by Gasteiger charge is -2.15. The summed E-state index contributed by atoms with van der Waals surface area (Å²) in [5.74, 6) is -0.571. The molecule has 0 aromatic carbocycles. The van der Waals surface area contributed by atoms with Crippen LogP contribution < -0.4 is 0 Å². The van der Waals surface area contributed by atoms with E-state index in [1.54, 1.807) is 0 Å². The van der Waals surface area contributed by atoms with Gasteiger partial charge in [0.1, 0.15) is 6.61 Å². The van der Waals surface area contributed by atoms with E-state index in [-0.39, 0.29) is 25.2 Å². The third-order valence-corrected chi connectivity index (χ3v) is 12.3. The zero-order valence-electron chi connectivity index (χ0n) is 40.0. The molecule has 5 heteroatoms. The first-order valence-electron chi connectivity index (χ1n) is 26.7. The molecule has 0 aromatic heterocycles. The Labute approximate surface area is 369 Å². The van der Waals surface area contributed by atoms with Crippen LogP contribution in [0.5, 0.6) is 0 Å². The molecule has 0 spiro atoms. The fourth-order valence-electron chi connectivity index (χ4n) is 8.26. The molecule has 0 radical (unpaired) electrons. The molecule has 1 unspecified atom stereocenters. The van der Waals surface area contributed by atoms with Crippen LogP contribution in [0.2, 0.25) is 0 Å². The zero-order valence-corrected chi connectivity index (χ0v) is 40.0. The van der Waals surface area contributed by atoms with E-state index in [9.17, 15) is 14.7 Å². The van der Waals surface area contributed by atoms with E-state index < -0.39 is 6.10 Å². The number of allylic oxidation sites excluding steroid dienone is 2. The van der Waals surface area contributed by atoms with E-state index in [0.29, 0.717) is 12.8 Å². The van der Waals surface area contributed by atoms with Crippen LogP contribution in [0.1, 0.15) is 303 Å². The van der Waals surface area contributed by atoms with Crippen molar-refractivity contribution in [2.45, 2.75) is 309 Å². The van der Waals surface area contributed by atoms with Gasteiger partial charge in [-0.3, -0.25) is 9.59 Å². The summed E-state index contributed by atoms with van der Waals surface area (Å²) in [6.45, 7) is 4.19. The van der Waals surface area contributed by atoms with E-state index in [0.717, 1.165) is 32.1 Å². The summed E-state index contributed by atoms with van der Waals surface area (Å²) in [4.78, 5) is 24.5. The van der Waals surface area contributed by atoms with Crippen LogP contribution in [0, 0.1) is 0 Å². The Hall–Kier alpha value is -1.36. The predicted octanol–water partition coefficient (Wildman–Crippen LogP) is 17.6. The molecule has 0 bridgehead atoms. The van der Waals surface area contributed by atoms with Crippen molar-refractivity contribution in [3.05, 3.63) is 12.2 Å². The summed E-state index contributed by atoms with van der Waals surface area (Å²) < 4.78 is 10.7. The molecule has 0 aliphatic carbocycles. The number of rotatable bonds is 50. The van der Waals surface area contributed by atoms with Gasteiger partial charge >= 0.3 is 11.9 Å². The number of aliphatic hydroxyl groups is 1. The third-order valence-electron chi connectivity index (χ3n) is 12.3. The molecule has 0 amide bonds. The van der Waals surface area contributed by atoms with Crippen molar-refractivity contribution in [2.75, 3.05) is 13.2 Å². The van der Waals surface area contributed by atoms with Gasteiger partial charge in [0.05, 0.1) is 6.61 Å². The number of carbonyl (C=O) groups excluding carboxylic acids is 2. The lowest BCUT2D eigenvalue weighted by atomic mass is 10.0. The number of hydrogen-bond acceptors (Lipinski definition) is 5. The maximum absolute atomic E-state index is 12.3. The van der Waals surface area contributed by atoms with Gasteiger partial charge in [-0.15, -0.1) is 0 Å². The molecule has 1 N–H and O–H groups in total. The first kappa shape index (κ1) is 57.6. The van der Waals surface area contributed by atoms with Crippen molar-refractivity contribution >= 4 is 11.9 Å². The van der Waals surface area contributed by atoms with Crippen molar-refractivity contribution in [3.63, 3.8) is 0 Å². The van der Waals surface area contributed by atoms with Crippen LogP contribution >= 0.6 is 0 Å². The van der Waals surface area contributed by atoms with Crippen LogP contribution in [-0.4, -0.2) is 36.4 Å². The Bertz CT molecular complexity index is 856.